The van der Waals surface area contributed by atoms with Crippen molar-refractivity contribution in [2.75, 3.05) is 7.11 Å². The third kappa shape index (κ3) is 4.07. The van der Waals surface area contributed by atoms with Crippen molar-refractivity contribution >= 4 is 5.97 Å². The van der Waals surface area contributed by atoms with Gasteiger partial charge in [0.1, 0.15) is 0 Å². The highest BCUT2D eigenvalue weighted by atomic mass is 16.6. The minimum atomic E-state index is -0.663. The van der Waals surface area contributed by atoms with E-state index in [1.54, 1.807) is 44.6 Å². The predicted octanol–water partition coefficient (Wildman–Crippen LogP) is 3.20. The molecule has 0 aliphatic rings. The SMILES string of the molecule is COCc1ccc(C(=O)OC(C)c2nc(-c3cccnc3)no2)cc1. The summed E-state index contributed by atoms with van der Waals surface area (Å²) >= 11 is 0. The van der Waals surface area contributed by atoms with E-state index in [0.29, 0.717) is 18.0 Å². The topological polar surface area (TPSA) is 87.3 Å². The molecule has 3 rings (SSSR count). The second-order valence-electron chi connectivity index (χ2n) is 5.38. The Morgan fingerprint density at radius 1 is 1.24 bits per heavy atom. The van der Waals surface area contributed by atoms with Gasteiger partial charge in [0.05, 0.1) is 12.2 Å². The summed E-state index contributed by atoms with van der Waals surface area (Å²) in [5.74, 6) is 0.163. The summed E-state index contributed by atoms with van der Waals surface area (Å²) in [7, 11) is 1.62. The third-order valence-corrected chi connectivity index (χ3v) is 3.49. The van der Waals surface area contributed by atoms with Crippen LogP contribution >= 0.6 is 0 Å². The van der Waals surface area contributed by atoms with Crippen molar-refractivity contribution in [3.63, 3.8) is 0 Å². The molecule has 25 heavy (non-hydrogen) atoms. The number of aromatic nitrogens is 3. The first-order valence-corrected chi connectivity index (χ1v) is 7.70. The van der Waals surface area contributed by atoms with Crippen LogP contribution in [0.4, 0.5) is 0 Å². The number of ether oxygens (including phenoxy) is 2. The molecular formula is C18H17N3O4. The summed E-state index contributed by atoms with van der Waals surface area (Å²) in [6, 6.07) is 10.6. The average Bonchev–Trinajstić information content (AvgIpc) is 3.13. The molecule has 0 bridgehead atoms. The van der Waals surface area contributed by atoms with Crippen molar-refractivity contribution in [2.45, 2.75) is 19.6 Å². The fraction of sp³-hybridized carbons (Fsp3) is 0.222. The van der Waals surface area contributed by atoms with Crippen molar-refractivity contribution in [3.8, 4) is 11.4 Å². The maximum absolute atomic E-state index is 12.2. The summed E-state index contributed by atoms with van der Waals surface area (Å²) in [6.07, 6.45) is 2.63. The van der Waals surface area contributed by atoms with Crippen LogP contribution in [0.1, 0.15) is 34.8 Å². The number of rotatable bonds is 6. The van der Waals surface area contributed by atoms with Gasteiger partial charge in [0.15, 0.2) is 6.10 Å². The number of carbonyl (C=O) groups excluding carboxylic acids is 1. The van der Waals surface area contributed by atoms with Crippen LogP contribution in [0.3, 0.4) is 0 Å². The van der Waals surface area contributed by atoms with Crippen LogP contribution in [0.15, 0.2) is 53.3 Å². The Balaban J connectivity index is 1.66. The van der Waals surface area contributed by atoms with Gasteiger partial charge in [-0.2, -0.15) is 4.98 Å². The third-order valence-electron chi connectivity index (χ3n) is 3.49. The van der Waals surface area contributed by atoms with E-state index in [1.807, 2.05) is 18.2 Å². The molecule has 0 N–H and O–H groups in total. The molecule has 0 saturated heterocycles. The van der Waals surface area contributed by atoms with Crippen LogP contribution in [-0.4, -0.2) is 28.2 Å². The maximum Gasteiger partial charge on any atom is 0.338 e. The summed E-state index contributed by atoms with van der Waals surface area (Å²) in [5, 5.41) is 3.89. The van der Waals surface area contributed by atoms with E-state index in [9.17, 15) is 4.79 Å². The second-order valence-corrected chi connectivity index (χ2v) is 5.38. The number of carbonyl (C=O) groups is 1. The highest BCUT2D eigenvalue weighted by Gasteiger charge is 2.20. The van der Waals surface area contributed by atoms with Crippen LogP contribution in [0.5, 0.6) is 0 Å². The van der Waals surface area contributed by atoms with E-state index in [2.05, 4.69) is 15.1 Å². The molecule has 2 heterocycles. The number of pyridine rings is 1. The molecule has 1 aromatic carbocycles. The maximum atomic E-state index is 12.2. The Morgan fingerprint density at radius 2 is 2.04 bits per heavy atom. The molecule has 0 fully saturated rings. The van der Waals surface area contributed by atoms with Gasteiger partial charge in [-0.05, 0) is 36.8 Å². The number of methoxy groups -OCH3 is 1. The van der Waals surface area contributed by atoms with E-state index in [0.717, 1.165) is 11.1 Å². The Labute approximate surface area is 144 Å². The van der Waals surface area contributed by atoms with Crippen LogP contribution in [0.2, 0.25) is 0 Å². The largest absolute Gasteiger partial charge is 0.449 e. The van der Waals surface area contributed by atoms with Crippen LogP contribution < -0.4 is 0 Å². The summed E-state index contributed by atoms with van der Waals surface area (Å²) in [4.78, 5) is 20.5. The van der Waals surface area contributed by atoms with Gasteiger partial charge in [-0.25, -0.2) is 4.79 Å². The fourth-order valence-corrected chi connectivity index (χ4v) is 2.20. The second kappa shape index (κ2) is 7.67. The minimum absolute atomic E-state index is 0.225. The lowest BCUT2D eigenvalue weighted by atomic mass is 10.1. The molecule has 1 atom stereocenters. The van der Waals surface area contributed by atoms with Crippen molar-refractivity contribution in [2.24, 2.45) is 0 Å². The fourth-order valence-electron chi connectivity index (χ4n) is 2.20. The zero-order chi connectivity index (χ0) is 17.6. The molecule has 3 aromatic rings. The molecule has 7 nitrogen and oxygen atoms in total. The highest BCUT2D eigenvalue weighted by molar-refractivity contribution is 5.89. The average molecular weight is 339 g/mol. The van der Waals surface area contributed by atoms with E-state index in [4.69, 9.17) is 14.0 Å². The lowest BCUT2D eigenvalue weighted by Gasteiger charge is -2.09. The smallest absolute Gasteiger partial charge is 0.338 e. The van der Waals surface area contributed by atoms with Gasteiger partial charge < -0.3 is 14.0 Å². The molecular weight excluding hydrogens is 322 g/mol. The standard InChI is InChI=1S/C18H17N3O4/c1-12(17-20-16(21-25-17)15-4-3-9-19-10-15)24-18(22)14-7-5-13(6-8-14)11-23-2/h3-10,12H,11H2,1-2H3. The Morgan fingerprint density at radius 3 is 2.72 bits per heavy atom. The first-order chi connectivity index (χ1) is 12.2. The highest BCUT2D eigenvalue weighted by Crippen LogP contribution is 2.21. The van der Waals surface area contributed by atoms with Gasteiger partial charge in [0.25, 0.3) is 5.89 Å². The molecule has 2 aromatic heterocycles. The molecule has 0 saturated carbocycles. The van der Waals surface area contributed by atoms with Gasteiger partial charge in [-0.1, -0.05) is 17.3 Å². The quantitative estimate of drug-likeness (QED) is 0.637. The number of hydrogen-bond acceptors (Lipinski definition) is 7. The van der Waals surface area contributed by atoms with Gasteiger partial charge in [-0.3, -0.25) is 4.98 Å². The lowest BCUT2D eigenvalue weighted by molar-refractivity contribution is 0.0265. The lowest BCUT2D eigenvalue weighted by Crippen LogP contribution is -2.09. The predicted molar refractivity (Wildman–Crippen MR) is 88.5 cm³/mol. The normalized spacial score (nSPS) is 11.9. The van der Waals surface area contributed by atoms with Crippen LogP contribution in [-0.2, 0) is 16.1 Å². The Hall–Kier alpha value is -3.06. The molecule has 0 amide bonds. The Kier molecular flexibility index (Phi) is 5.15. The zero-order valence-electron chi connectivity index (χ0n) is 13.9. The molecule has 0 aliphatic carbocycles. The van der Waals surface area contributed by atoms with Gasteiger partial charge in [-0.15, -0.1) is 0 Å². The zero-order valence-corrected chi connectivity index (χ0v) is 13.9. The van der Waals surface area contributed by atoms with E-state index < -0.39 is 12.1 Å². The van der Waals surface area contributed by atoms with Crippen molar-refractivity contribution in [1.29, 1.82) is 0 Å². The first-order valence-electron chi connectivity index (χ1n) is 7.70. The van der Waals surface area contributed by atoms with Gasteiger partial charge in [0.2, 0.25) is 5.82 Å². The van der Waals surface area contributed by atoms with E-state index >= 15 is 0 Å². The van der Waals surface area contributed by atoms with Gasteiger partial charge >= 0.3 is 5.97 Å². The van der Waals surface area contributed by atoms with Crippen molar-refractivity contribution in [1.82, 2.24) is 15.1 Å². The van der Waals surface area contributed by atoms with Crippen molar-refractivity contribution in [3.05, 3.63) is 65.8 Å². The summed E-state index contributed by atoms with van der Waals surface area (Å²) < 4.78 is 15.6. The van der Waals surface area contributed by atoms with E-state index in [-0.39, 0.29) is 5.89 Å². The van der Waals surface area contributed by atoms with E-state index in [1.165, 1.54) is 0 Å². The van der Waals surface area contributed by atoms with Crippen LogP contribution in [0.25, 0.3) is 11.4 Å². The molecule has 0 radical (unpaired) electrons. The molecule has 128 valence electrons. The van der Waals surface area contributed by atoms with Gasteiger partial charge in [0, 0.05) is 25.1 Å². The molecule has 7 heteroatoms. The van der Waals surface area contributed by atoms with Crippen LogP contribution in [0, 0.1) is 0 Å². The molecule has 0 aliphatic heterocycles. The Bertz CT molecular complexity index is 831. The first kappa shape index (κ1) is 16.8. The molecule has 0 spiro atoms. The summed E-state index contributed by atoms with van der Waals surface area (Å²) in [5.41, 5.74) is 2.15. The number of benzene rings is 1. The molecule has 1 unspecified atom stereocenters. The minimum Gasteiger partial charge on any atom is -0.449 e. The number of hydrogen-bond donors (Lipinski definition) is 0. The number of nitrogens with zero attached hydrogens (tertiary/aromatic N) is 3. The monoisotopic (exact) mass is 339 g/mol. The number of esters is 1. The van der Waals surface area contributed by atoms with Crippen molar-refractivity contribution < 1.29 is 18.8 Å². The summed E-state index contributed by atoms with van der Waals surface area (Å²) in [6.45, 7) is 2.17.